The highest BCUT2D eigenvalue weighted by molar-refractivity contribution is 4.86. The van der Waals surface area contributed by atoms with E-state index in [1.54, 1.807) is 0 Å². The Labute approximate surface area is 95.2 Å². The molecule has 1 heterocycles. The largest absolute Gasteiger partial charge is 0.317 e. The van der Waals surface area contributed by atoms with Gasteiger partial charge in [-0.3, -0.25) is 0 Å². The first-order valence-electron chi connectivity index (χ1n) is 6.27. The van der Waals surface area contributed by atoms with Gasteiger partial charge in [-0.25, -0.2) is 0 Å². The second kappa shape index (κ2) is 4.84. The third kappa shape index (κ3) is 3.76. The van der Waals surface area contributed by atoms with Crippen molar-refractivity contribution in [2.24, 2.45) is 10.8 Å². The summed E-state index contributed by atoms with van der Waals surface area (Å²) in [4.78, 5) is 0. The first-order valence-corrected chi connectivity index (χ1v) is 6.27. The predicted octanol–water partition coefficient (Wildman–Crippen LogP) is 2.40. The van der Waals surface area contributed by atoms with Crippen molar-refractivity contribution < 1.29 is 0 Å². The summed E-state index contributed by atoms with van der Waals surface area (Å²) in [5.41, 5.74) is 0.727. The minimum atomic E-state index is 0.359. The lowest BCUT2D eigenvalue weighted by atomic mass is 9.69. The molecule has 0 aromatic rings. The molecule has 0 radical (unpaired) electrons. The minimum absolute atomic E-state index is 0.359. The Morgan fingerprint density at radius 2 is 1.60 bits per heavy atom. The van der Waals surface area contributed by atoms with E-state index in [0.29, 0.717) is 10.8 Å². The van der Waals surface area contributed by atoms with E-state index >= 15 is 0 Å². The van der Waals surface area contributed by atoms with E-state index in [2.05, 4.69) is 45.3 Å². The summed E-state index contributed by atoms with van der Waals surface area (Å²) in [6.45, 7) is 15.2. The van der Waals surface area contributed by atoms with Crippen LogP contribution in [0.15, 0.2) is 0 Å². The first-order chi connectivity index (χ1) is 6.83. The molecule has 1 rings (SSSR count). The van der Waals surface area contributed by atoms with E-state index in [9.17, 15) is 0 Å². The van der Waals surface area contributed by atoms with Crippen molar-refractivity contribution in [1.82, 2.24) is 10.6 Å². The molecule has 0 saturated carbocycles. The summed E-state index contributed by atoms with van der Waals surface area (Å²) in [6.07, 6.45) is 2.56. The summed E-state index contributed by atoms with van der Waals surface area (Å²) in [5, 5.41) is 7.13. The zero-order valence-corrected chi connectivity index (χ0v) is 11.1. The van der Waals surface area contributed by atoms with E-state index in [1.165, 1.54) is 25.9 Å². The number of hydrogen-bond donors (Lipinski definition) is 2. The Morgan fingerprint density at radius 1 is 1.07 bits per heavy atom. The van der Waals surface area contributed by atoms with Gasteiger partial charge in [-0.2, -0.15) is 0 Å². The van der Waals surface area contributed by atoms with Crippen molar-refractivity contribution in [2.75, 3.05) is 19.6 Å². The van der Waals surface area contributed by atoms with E-state index in [-0.39, 0.29) is 0 Å². The molecule has 0 unspecified atom stereocenters. The molecule has 1 fully saturated rings. The lowest BCUT2D eigenvalue weighted by Gasteiger charge is -2.40. The van der Waals surface area contributed by atoms with Crippen LogP contribution in [-0.2, 0) is 0 Å². The monoisotopic (exact) mass is 212 g/mol. The average Bonchev–Trinajstić information content (AvgIpc) is 2.15. The van der Waals surface area contributed by atoms with Crippen LogP contribution in [0.2, 0.25) is 0 Å². The quantitative estimate of drug-likeness (QED) is 0.750. The zero-order chi connectivity index (χ0) is 11.5. The van der Waals surface area contributed by atoms with Crippen molar-refractivity contribution in [3.63, 3.8) is 0 Å². The van der Waals surface area contributed by atoms with E-state index in [1.807, 2.05) is 0 Å². The fraction of sp³-hybridized carbons (Fsp3) is 1.00. The molecular weight excluding hydrogens is 184 g/mol. The van der Waals surface area contributed by atoms with Crippen LogP contribution in [0.1, 0.15) is 47.5 Å². The standard InChI is InChI=1S/C13H28N2/c1-12(2,3)13(4,5)10-15-11-6-8-14-9-7-11/h11,14-15H,6-10H2,1-5H3. The Hall–Kier alpha value is -0.0800. The van der Waals surface area contributed by atoms with Crippen LogP contribution >= 0.6 is 0 Å². The van der Waals surface area contributed by atoms with Crippen LogP contribution in [0, 0.1) is 10.8 Å². The summed E-state index contributed by atoms with van der Waals surface area (Å²) in [5.74, 6) is 0. The van der Waals surface area contributed by atoms with E-state index < -0.39 is 0 Å². The molecule has 0 aromatic heterocycles. The van der Waals surface area contributed by atoms with Gasteiger partial charge in [-0.05, 0) is 36.8 Å². The van der Waals surface area contributed by atoms with Gasteiger partial charge in [-0.1, -0.05) is 34.6 Å². The van der Waals surface area contributed by atoms with Crippen LogP contribution in [0.25, 0.3) is 0 Å². The molecule has 0 atom stereocenters. The highest BCUT2D eigenvalue weighted by Gasteiger charge is 2.32. The van der Waals surface area contributed by atoms with Crippen LogP contribution in [0.5, 0.6) is 0 Å². The number of rotatable bonds is 3. The predicted molar refractivity (Wildman–Crippen MR) is 67.1 cm³/mol. The fourth-order valence-corrected chi connectivity index (χ4v) is 1.69. The maximum atomic E-state index is 3.73. The molecule has 15 heavy (non-hydrogen) atoms. The van der Waals surface area contributed by atoms with Crippen LogP contribution < -0.4 is 10.6 Å². The van der Waals surface area contributed by atoms with Gasteiger partial charge in [0.05, 0.1) is 0 Å². The van der Waals surface area contributed by atoms with Gasteiger partial charge in [0.2, 0.25) is 0 Å². The topological polar surface area (TPSA) is 24.1 Å². The fourth-order valence-electron chi connectivity index (χ4n) is 1.69. The molecule has 0 aromatic carbocycles. The Bertz CT molecular complexity index is 185. The number of nitrogens with one attached hydrogen (secondary N) is 2. The summed E-state index contributed by atoms with van der Waals surface area (Å²) in [7, 11) is 0. The van der Waals surface area contributed by atoms with Crippen molar-refractivity contribution in [2.45, 2.75) is 53.5 Å². The molecule has 1 aliphatic rings. The van der Waals surface area contributed by atoms with Gasteiger partial charge in [-0.15, -0.1) is 0 Å². The number of piperidine rings is 1. The zero-order valence-electron chi connectivity index (χ0n) is 11.1. The third-order valence-corrected chi connectivity index (χ3v) is 4.20. The van der Waals surface area contributed by atoms with E-state index in [0.717, 1.165) is 12.6 Å². The van der Waals surface area contributed by atoms with Gasteiger partial charge >= 0.3 is 0 Å². The minimum Gasteiger partial charge on any atom is -0.317 e. The highest BCUT2D eigenvalue weighted by Crippen LogP contribution is 2.37. The molecule has 0 amide bonds. The average molecular weight is 212 g/mol. The molecule has 1 aliphatic heterocycles. The van der Waals surface area contributed by atoms with Gasteiger partial charge in [0.1, 0.15) is 0 Å². The molecule has 0 spiro atoms. The Morgan fingerprint density at radius 3 is 2.07 bits per heavy atom. The second-order valence-electron chi connectivity index (χ2n) is 6.54. The normalized spacial score (nSPS) is 20.6. The van der Waals surface area contributed by atoms with Gasteiger partial charge < -0.3 is 10.6 Å². The molecular formula is C13H28N2. The molecule has 2 heteroatoms. The molecule has 0 aliphatic carbocycles. The maximum Gasteiger partial charge on any atom is 0.00914 e. The van der Waals surface area contributed by atoms with Crippen LogP contribution in [0.3, 0.4) is 0 Å². The first kappa shape index (κ1) is 13.0. The second-order valence-corrected chi connectivity index (χ2v) is 6.54. The molecule has 1 saturated heterocycles. The van der Waals surface area contributed by atoms with Crippen molar-refractivity contribution in [3.8, 4) is 0 Å². The summed E-state index contributed by atoms with van der Waals surface area (Å²) < 4.78 is 0. The Balaban J connectivity index is 2.35. The van der Waals surface area contributed by atoms with Gasteiger partial charge in [0.15, 0.2) is 0 Å². The molecule has 2 nitrogen and oxygen atoms in total. The van der Waals surface area contributed by atoms with Crippen molar-refractivity contribution in [3.05, 3.63) is 0 Å². The smallest absolute Gasteiger partial charge is 0.00914 e. The molecule has 0 bridgehead atoms. The lowest BCUT2D eigenvalue weighted by molar-refractivity contribution is 0.122. The highest BCUT2D eigenvalue weighted by atomic mass is 15.0. The summed E-state index contributed by atoms with van der Waals surface area (Å²) in [6, 6.07) is 0.730. The SMILES string of the molecule is CC(C)(C)C(C)(C)CNC1CCNCC1. The molecule has 2 N–H and O–H groups in total. The van der Waals surface area contributed by atoms with Gasteiger partial charge in [0.25, 0.3) is 0 Å². The van der Waals surface area contributed by atoms with Gasteiger partial charge in [0, 0.05) is 12.6 Å². The van der Waals surface area contributed by atoms with Crippen LogP contribution in [0.4, 0.5) is 0 Å². The summed E-state index contributed by atoms with van der Waals surface area (Å²) >= 11 is 0. The van der Waals surface area contributed by atoms with Crippen molar-refractivity contribution >= 4 is 0 Å². The number of hydrogen-bond acceptors (Lipinski definition) is 2. The van der Waals surface area contributed by atoms with Crippen molar-refractivity contribution in [1.29, 1.82) is 0 Å². The maximum absolute atomic E-state index is 3.73. The molecule has 90 valence electrons. The van der Waals surface area contributed by atoms with E-state index in [4.69, 9.17) is 0 Å². The van der Waals surface area contributed by atoms with Crippen LogP contribution in [-0.4, -0.2) is 25.7 Å². The Kier molecular flexibility index (Phi) is 4.19. The lowest BCUT2D eigenvalue weighted by Crippen LogP contribution is -2.46. The third-order valence-electron chi connectivity index (χ3n) is 4.20.